The Bertz CT molecular complexity index is 604. The van der Waals surface area contributed by atoms with Crippen LogP contribution in [0.15, 0.2) is 26.0 Å². The highest BCUT2D eigenvalue weighted by Crippen LogP contribution is 2.22. The lowest BCUT2D eigenvalue weighted by Gasteiger charge is -2.16. The van der Waals surface area contributed by atoms with Crippen LogP contribution in [0.5, 0.6) is 0 Å². The molecule has 0 amide bonds. The zero-order valence-corrected chi connectivity index (χ0v) is 11.8. The third-order valence-electron chi connectivity index (χ3n) is 2.79. The number of aliphatic hydroxyl groups excluding tert-OH is 1. The second-order valence-corrected chi connectivity index (χ2v) is 5.51. The smallest absolute Gasteiger partial charge is 0.230 e. The highest BCUT2D eigenvalue weighted by molar-refractivity contribution is 7.99. The number of rotatable bonds is 6. The zero-order valence-electron chi connectivity index (χ0n) is 11.0. The molecule has 0 spiro atoms. The van der Waals surface area contributed by atoms with Gasteiger partial charge in [-0.1, -0.05) is 0 Å². The first kappa shape index (κ1) is 14.0. The summed E-state index contributed by atoms with van der Waals surface area (Å²) in [6.07, 6.45) is 1.52. The third-order valence-corrected chi connectivity index (χ3v) is 3.73. The molecule has 0 atom stereocenters. The van der Waals surface area contributed by atoms with Gasteiger partial charge < -0.3 is 18.8 Å². The minimum absolute atomic E-state index is 0.167. The van der Waals surface area contributed by atoms with Crippen LogP contribution >= 0.6 is 11.8 Å². The molecule has 0 aromatic carbocycles. The van der Waals surface area contributed by atoms with Gasteiger partial charge in [0.15, 0.2) is 11.5 Å². The first-order chi connectivity index (χ1) is 9.13. The summed E-state index contributed by atoms with van der Waals surface area (Å²) >= 11 is 1.66. The molecule has 1 N–H and O–H groups in total. The number of hydrogen-bond acceptors (Lipinski definition) is 6. The van der Waals surface area contributed by atoms with E-state index in [9.17, 15) is 4.79 Å². The van der Waals surface area contributed by atoms with Gasteiger partial charge in [-0.2, -0.15) is 11.8 Å². The van der Waals surface area contributed by atoms with Crippen molar-refractivity contribution in [2.75, 3.05) is 36.6 Å². The Kier molecular flexibility index (Phi) is 4.55. The van der Waals surface area contributed by atoms with Crippen molar-refractivity contribution in [3.63, 3.8) is 0 Å². The summed E-state index contributed by atoms with van der Waals surface area (Å²) in [4.78, 5) is 13.8. The van der Waals surface area contributed by atoms with Gasteiger partial charge in [-0.3, -0.25) is 4.79 Å². The SMILES string of the molecule is Cc1coc2c(=O)cc(N(C)CCSCCO)oc12. The van der Waals surface area contributed by atoms with Crippen LogP contribution in [0.3, 0.4) is 0 Å². The van der Waals surface area contributed by atoms with Gasteiger partial charge in [0, 0.05) is 30.7 Å². The van der Waals surface area contributed by atoms with Crippen molar-refractivity contribution in [2.45, 2.75) is 6.92 Å². The standard InChI is InChI=1S/C13H17NO4S/c1-9-8-17-13-10(16)7-11(18-12(9)13)14(2)3-5-19-6-4-15/h7-8,15H,3-6H2,1-2H3. The van der Waals surface area contributed by atoms with Crippen LogP contribution in [0.2, 0.25) is 0 Å². The van der Waals surface area contributed by atoms with Gasteiger partial charge in [0.1, 0.15) is 0 Å². The van der Waals surface area contributed by atoms with Crippen molar-refractivity contribution in [3.8, 4) is 0 Å². The average Bonchev–Trinajstić information content (AvgIpc) is 2.77. The Balaban J connectivity index is 2.15. The summed E-state index contributed by atoms with van der Waals surface area (Å²) in [6, 6.07) is 1.45. The molecule has 0 aliphatic rings. The molecule has 0 aliphatic heterocycles. The van der Waals surface area contributed by atoms with Crippen molar-refractivity contribution in [3.05, 3.63) is 28.1 Å². The highest BCUT2D eigenvalue weighted by atomic mass is 32.2. The van der Waals surface area contributed by atoms with Crippen molar-refractivity contribution in [1.29, 1.82) is 0 Å². The normalized spacial score (nSPS) is 11.1. The Labute approximate surface area is 115 Å². The van der Waals surface area contributed by atoms with E-state index in [2.05, 4.69) is 0 Å². The summed E-state index contributed by atoms with van der Waals surface area (Å²) in [7, 11) is 1.87. The quantitative estimate of drug-likeness (QED) is 0.816. The van der Waals surface area contributed by atoms with E-state index in [1.54, 1.807) is 11.8 Å². The molecule has 0 bridgehead atoms. The van der Waals surface area contributed by atoms with E-state index in [-0.39, 0.29) is 17.6 Å². The Morgan fingerprint density at radius 3 is 2.89 bits per heavy atom. The number of nitrogens with zero attached hydrogens (tertiary/aromatic N) is 1. The van der Waals surface area contributed by atoms with E-state index in [1.165, 1.54) is 12.3 Å². The molecule has 104 valence electrons. The van der Waals surface area contributed by atoms with E-state index in [4.69, 9.17) is 13.9 Å². The monoisotopic (exact) mass is 283 g/mol. The van der Waals surface area contributed by atoms with Crippen molar-refractivity contribution in [1.82, 2.24) is 0 Å². The topological polar surface area (TPSA) is 66.8 Å². The van der Waals surface area contributed by atoms with E-state index >= 15 is 0 Å². The molecule has 0 radical (unpaired) electrons. The van der Waals surface area contributed by atoms with Gasteiger partial charge in [0.2, 0.25) is 11.0 Å². The predicted octanol–water partition coefficient (Wildman–Crippen LogP) is 1.86. The van der Waals surface area contributed by atoms with E-state index in [0.29, 0.717) is 11.5 Å². The van der Waals surface area contributed by atoms with Crippen molar-refractivity contribution >= 4 is 28.8 Å². The average molecular weight is 283 g/mol. The van der Waals surface area contributed by atoms with Crippen LogP contribution in [-0.2, 0) is 0 Å². The number of aryl methyl sites for hydroxylation is 1. The molecular weight excluding hydrogens is 266 g/mol. The molecule has 0 unspecified atom stereocenters. The molecule has 0 saturated heterocycles. The van der Waals surface area contributed by atoms with Gasteiger partial charge in [0.05, 0.1) is 18.9 Å². The van der Waals surface area contributed by atoms with Gasteiger partial charge in [-0.15, -0.1) is 0 Å². The Morgan fingerprint density at radius 1 is 1.37 bits per heavy atom. The van der Waals surface area contributed by atoms with Crippen LogP contribution in [0.4, 0.5) is 5.88 Å². The van der Waals surface area contributed by atoms with Crippen LogP contribution in [0, 0.1) is 6.92 Å². The minimum atomic E-state index is -0.167. The van der Waals surface area contributed by atoms with E-state index < -0.39 is 0 Å². The number of hydrogen-bond donors (Lipinski definition) is 1. The maximum absolute atomic E-state index is 11.9. The molecule has 0 fully saturated rings. The lowest BCUT2D eigenvalue weighted by Crippen LogP contribution is -2.21. The Morgan fingerprint density at radius 2 is 2.16 bits per heavy atom. The van der Waals surface area contributed by atoms with Gasteiger partial charge in [-0.25, -0.2) is 0 Å². The number of aliphatic hydroxyl groups is 1. The van der Waals surface area contributed by atoms with Crippen molar-refractivity contribution < 1.29 is 13.9 Å². The molecule has 2 aromatic rings. The van der Waals surface area contributed by atoms with E-state index in [1.807, 2.05) is 18.9 Å². The summed E-state index contributed by atoms with van der Waals surface area (Å²) < 4.78 is 10.9. The fourth-order valence-corrected chi connectivity index (χ4v) is 2.44. The second-order valence-electron chi connectivity index (χ2n) is 4.28. The first-order valence-electron chi connectivity index (χ1n) is 6.05. The maximum atomic E-state index is 11.9. The molecular formula is C13H17NO4S. The molecule has 0 saturated carbocycles. The Hall–Kier alpha value is -1.40. The molecule has 0 aliphatic carbocycles. The molecule has 5 nitrogen and oxygen atoms in total. The molecule has 2 heterocycles. The van der Waals surface area contributed by atoms with Crippen molar-refractivity contribution in [2.24, 2.45) is 0 Å². The van der Waals surface area contributed by atoms with Gasteiger partial charge in [0.25, 0.3) is 0 Å². The summed E-state index contributed by atoms with van der Waals surface area (Å²) in [5.74, 6) is 2.12. The lowest BCUT2D eigenvalue weighted by molar-refractivity contribution is 0.322. The lowest BCUT2D eigenvalue weighted by atomic mass is 10.3. The van der Waals surface area contributed by atoms with Crippen LogP contribution in [0.25, 0.3) is 11.2 Å². The van der Waals surface area contributed by atoms with E-state index in [0.717, 1.165) is 23.6 Å². The summed E-state index contributed by atoms with van der Waals surface area (Å²) in [5.41, 5.74) is 1.43. The fraction of sp³-hybridized carbons (Fsp3) is 0.462. The van der Waals surface area contributed by atoms with Crippen LogP contribution in [-0.4, -0.2) is 36.8 Å². The van der Waals surface area contributed by atoms with Gasteiger partial charge >= 0.3 is 0 Å². The highest BCUT2D eigenvalue weighted by Gasteiger charge is 2.13. The number of thioether (sulfide) groups is 1. The molecule has 2 rings (SSSR count). The summed E-state index contributed by atoms with van der Waals surface area (Å²) in [5, 5.41) is 8.71. The van der Waals surface area contributed by atoms with Crippen LogP contribution in [0.1, 0.15) is 5.56 Å². The largest absolute Gasteiger partial charge is 0.456 e. The van der Waals surface area contributed by atoms with Gasteiger partial charge in [-0.05, 0) is 6.92 Å². The number of fused-ring (bicyclic) bond motifs is 1. The minimum Gasteiger partial charge on any atom is -0.456 e. The predicted molar refractivity (Wildman–Crippen MR) is 77.2 cm³/mol. The maximum Gasteiger partial charge on any atom is 0.230 e. The zero-order chi connectivity index (χ0) is 13.8. The van der Waals surface area contributed by atoms with Crippen LogP contribution < -0.4 is 10.3 Å². The molecule has 19 heavy (non-hydrogen) atoms. The molecule has 2 aromatic heterocycles. The third kappa shape index (κ3) is 3.13. The summed E-state index contributed by atoms with van der Waals surface area (Å²) in [6.45, 7) is 2.77. The number of furan rings is 1. The second kappa shape index (κ2) is 6.16. The first-order valence-corrected chi connectivity index (χ1v) is 7.20. The fourth-order valence-electron chi connectivity index (χ4n) is 1.71. The number of anilines is 1. The molecule has 6 heteroatoms.